The summed E-state index contributed by atoms with van der Waals surface area (Å²) in [4.78, 5) is 13.5. The highest BCUT2D eigenvalue weighted by molar-refractivity contribution is 5.76. The average Bonchev–Trinajstić information content (AvgIpc) is 2.19. The minimum atomic E-state index is 0.303. The molecule has 0 bridgehead atoms. The topological polar surface area (TPSA) is 29.5 Å². The molecule has 0 aromatic carbocycles. The Morgan fingerprint density at radius 1 is 1.31 bits per heavy atom. The van der Waals surface area contributed by atoms with Gasteiger partial charge in [-0.2, -0.15) is 0 Å². The monoisotopic (exact) mass is 185 g/mol. The third kappa shape index (κ3) is 3.77. The summed E-state index contributed by atoms with van der Waals surface area (Å²) in [7, 11) is 1.67. The van der Waals surface area contributed by atoms with E-state index in [9.17, 15) is 4.79 Å². The van der Waals surface area contributed by atoms with Crippen molar-refractivity contribution in [3.8, 4) is 0 Å². The Kier molecular flexibility index (Phi) is 4.83. The molecule has 1 amide bonds. The molecular formula is C10H19NO2. The van der Waals surface area contributed by atoms with E-state index in [0.29, 0.717) is 18.9 Å². The largest absolute Gasteiger partial charge is 0.385 e. The van der Waals surface area contributed by atoms with Crippen LogP contribution in [0.15, 0.2) is 0 Å². The maximum absolute atomic E-state index is 11.5. The van der Waals surface area contributed by atoms with Crippen LogP contribution in [0.25, 0.3) is 0 Å². The van der Waals surface area contributed by atoms with Gasteiger partial charge in [0.25, 0.3) is 0 Å². The molecule has 1 aliphatic rings. The number of hydrogen-bond acceptors (Lipinski definition) is 2. The first kappa shape index (κ1) is 10.5. The number of nitrogens with zero attached hydrogens (tertiary/aromatic N) is 1. The zero-order chi connectivity index (χ0) is 9.52. The number of carbonyl (C=O) groups is 1. The van der Waals surface area contributed by atoms with E-state index in [-0.39, 0.29) is 0 Å². The lowest BCUT2D eigenvalue weighted by Gasteiger charge is -2.26. The van der Waals surface area contributed by atoms with Crippen molar-refractivity contribution < 1.29 is 9.53 Å². The highest BCUT2D eigenvalue weighted by Crippen LogP contribution is 2.10. The molecule has 0 saturated carbocycles. The number of methoxy groups -OCH3 is 1. The predicted molar refractivity (Wildman–Crippen MR) is 51.5 cm³/mol. The summed E-state index contributed by atoms with van der Waals surface area (Å²) in [6, 6.07) is 0. The van der Waals surface area contributed by atoms with Crippen molar-refractivity contribution in [2.45, 2.75) is 32.1 Å². The zero-order valence-electron chi connectivity index (χ0n) is 8.42. The maximum Gasteiger partial charge on any atom is 0.222 e. The molecule has 0 aliphatic carbocycles. The summed E-state index contributed by atoms with van der Waals surface area (Å²) in [5, 5.41) is 0. The van der Waals surface area contributed by atoms with Crippen LogP contribution >= 0.6 is 0 Å². The Morgan fingerprint density at radius 2 is 2.00 bits per heavy atom. The smallest absolute Gasteiger partial charge is 0.222 e. The molecule has 3 heteroatoms. The number of carbonyl (C=O) groups excluding carboxylic acids is 1. The first-order valence-electron chi connectivity index (χ1n) is 5.11. The van der Waals surface area contributed by atoms with Crippen LogP contribution in [0.4, 0.5) is 0 Å². The van der Waals surface area contributed by atoms with Gasteiger partial charge in [0.2, 0.25) is 5.91 Å². The molecule has 0 N–H and O–H groups in total. The van der Waals surface area contributed by atoms with E-state index in [1.807, 2.05) is 4.90 Å². The first-order valence-corrected chi connectivity index (χ1v) is 5.11. The van der Waals surface area contributed by atoms with Crippen LogP contribution in [0, 0.1) is 0 Å². The molecule has 0 atom stereocenters. The van der Waals surface area contributed by atoms with Crippen LogP contribution in [0.2, 0.25) is 0 Å². The zero-order valence-corrected chi connectivity index (χ0v) is 8.42. The minimum Gasteiger partial charge on any atom is -0.385 e. The molecule has 0 spiro atoms. The molecule has 0 aromatic heterocycles. The van der Waals surface area contributed by atoms with Crippen molar-refractivity contribution in [1.82, 2.24) is 4.90 Å². The van der Waals surface area contributed by atoms with Crippen LogP contribution < -0.4 is 0 Å². The standard InChI is InChI=1S/C10H19NO2/c1-13-9-5-6-10(12)11-7-3-2-4-8-11/h2-9H2,1H3. The highest BCUT2D eigenvalue weighted by Gasteiger charge is 2.15. The molecule has 1 heterocycles. The van der Waals surface area contributed by atoms with Gasteiger partial charge in [-0.25, -0.2) is 0 Å². The number of ether oxygens (including phenoxy) is 1. The van der Waals surface area contributed by atoms with Gasteiger partial charge in [0, 0.05) is 33.2 Å². The average molecular weight is 185 g/mol. The third-order valence-electron chi connectivity index (χ3n) is 2.45. The number of amides is 1. The molecule has 0 aromatic rings. The predicted octanol–water partition coefficient (Wildman–Crippen LogP) is 1.43. The molecule has 0 unspecified atom stereocenters. The fourth-order valence-corrected chi connectivity index (χ4v) is 1.67. The van der Waals surface area contributed by atoms with Gasteiger partial charge in [-0.3, -0.25) is 4.79 Å². The summed E-state index contributed by atoms with van der Waals surface area (Å²) in [5.74, 6) is 0.303. The van der Waals surface area contributed by atoms with E-state index in [1.165, 1.54) is 19.3 Å². The van der Waals surface area contributed by atoms with Crippen LogP contribution in [0.5, 0.6) is 0 Å². The SMILES string of the molecule is COCCCC(=O)N1CCCCC1. The molecule has 1 saturated heterocycles. The summed E-state index contributed by atoms with van der Waals surface area (Å²) < 4.78 is 4.91. The second-order valence-corrected chi connectivity index (χ2v) is 3.54. The van der Waals surface area contributed by atoms with E-state index < -0.39 is 0 Å². The van der Waals surface area contributed by atoms with Gasteiger partial charge in [0.05, 0.1) is 0 Å². The van der Waals surface area contributed by atoms with E-state index in [0.717, 1.165) is 19.5 Å². The summed E-state index contributed by atoms with van der Waals surface area (Å²) in [6.07, 6.45) is 5.13. The van der Waals surface area contributed by atoms with Gasteiger partial charge < -0.3 is 9.64 Å². The van der Waals surface area contributed by atoms with E-state index in [4.69, 9.17) is 4.74 Å². The fraction of sp³-hybridized carbons (Fsp3) is 0.900. The van der Waals surface area contributed by atoms with Crippen LogP contribution in [-0.4, -0.2) is 37.6 Å². The van der Waals surface area contributed by atoms with Gasteiger partial charge in [0.1, 0.15) is 0 Å². The van der Waals surface area contributed by atoms with E-state index in [1.54, 1.807) is 7.11 Å². The van der Waals surface area contributed by atoms with Crippen molar-refractivity contribution in [1.29, 1.82) is 0 Å². The summed E-state index contributed by atoms with van der Waals surface area (Å²) >= 11 is 0. The molecule has 76 valence electrons. The molecule has 1 fully saturated rings. The molecule has 0 radical (unpaired) electrons. The number of rotatable bonds is 4. The molecule has 13 heavy (non-hydrogen) atoms. The number of likely N-dealkylation sites (tertiary alicyclic amines) is 1. The van der Waals surface area contributed by atoms with E-state index >= 15 is 0 Å². The second-order valence-electron chi connectivity index (χ2n) is 3.54. The minimum absolute atomic E-state index is 0.303. The lowest BCUT2D eigenvalue weighted by molar-refractivity contribution is -0.132. The van der Waals surface area contributed by atoms with Gasteiger partial charge >= 0.3 is 0 Å². The van der Waals surface area contributed by atoms with Gasteiger partial charge in [-0.1, -0.05) is 0 Å². The Morgan fingerprint density at radius 3 is 2.62 bits per heavy atom. The van der Waals surface area contributed by atoms with Gasteiger partial charge in [-0.15, -0.1) is 0 Å². The quantitative estimate of drug-likeness (QED) is 0.620. The van der Waals surface area contributed by atoms with Crippen LogP contribution in [-0.2, 0) is 9.53 Å². The van der Waals surface area contributed by atoms with Gasteiger partial charge in [0.15, 0.2) is 0 Å². The molecular weight excluding hydrogens is 166 g/mol. The lowest BCUT2D eigenvalue weighted by atomic mass is 10.1. The maximum atomic E-state index is 11.5. The van der Waals surface area contributed by atoms with Crippen molar-refractivity contribution in [2.75, 3.05) is 26.8 Å². The third-order valence-corrected chi connectivity index (χ3v) is 2.45. The van der Waals surface area contributed by atoms with E-state index in [2.05, 4.69) is 0 Å². The molecule has 3 nitrogen and oxygen atoms in total. The molecule has 1 aliphatic heterocycles. The van der Waals surface area contributed by atoms with Crippen molar-refractivity contribution in [3.63, 3.8) is 0 Å². The number of piperidine rings is 1. The Bertz CT molecular complexity index is 153. The highest BCUT2D eigenvalue weighted by atomic mass is 16.5. The Labute approximate surface area is 80.1 Å². The normalized spacial score (nSPS) is 17.5. The molecule has 1 rings (SSSR count). The Hall–Kier alpha value is -0.570. The van der Waals surface area contributed by atoms with Gasteiger partial charge in [-0.05, 0) is 25.7 Å². The second kappa shape index (κ2) is 5.97. The first-order chi connectivity index (χ1) is 6.34. The lowest BCUT2D eigenvalue weighted by Crippen LogP contribution is -2.35. The summed E-state index contributed by atoms with van der Waals surface area (Å²) in [6.45, 7) is 2.62. The van der Waals surface area contributed by atoms with Crippen molar-refractivity contribution >= 4 is 5.91 Å². The van der Waals surface area contributed by atoms with Crippen LogP contribution in [0.1, 0.15) is 32.1 Å². The fourth-order valence-electron chi connectivity index (χ4n) is 1.67. The number of hydrogen-bond donors (Lipinski definition) is 0. The van der Waals surface area contributed by atoms with Crippen molar-refractivity contribution in [2.24, 2.45) is 0 Å². The van der Waals surface area contributed by atoms with Crippen LogP contribution in [0.3, 0.4) is 0 Å². The Balaban J connectivity index is 2.13. The van der Waals surface area contributed by atoms with Crippen molar-refractivity contribution in [3.05, 3.63) is 0 Å². The summed E-state index contributed by atoms with van der Waals surface area (Å²) in [5.41, 5.74) is 0.